The van der Waals surface area contributed by atoms with Crippen molar-refractivity contribution in [1.82, 2.24) is 4.98 Å². The minimum atomic E-state index is -0.594. The average molecular weight is 369 g/mol. The molecule has 0 aliphatic rings. The summed E-state index contributed by atoms with van der Waals surface area (Å²) in [5.41, 5.74) is 1.16. The summed E-state index contributed by atoms with van der Waals surface area (Å²) in [6.07, 6.45) is 1.55. The van der Waals surface area contributed by atoms with Crippen LogP contribution in [0, 0.1) is 11.3 Å². The Balaban J connectivity index is 1.52. The largest absolute Gasteiger partial charge is 0.481 e. The highest BCUT2D eigenvalue weighted by molar-refractivity contribution is 6.30. The van der Waals surface area contributed by atoms with Gasteiger partial charge in [0, 0.05) is 10.6 Å². The maximum atomic E-state index is 11.8. The lowest BCUT2D eigenvalue weighted by Gasteiger charge is -2.07. The van der Waals surface area contributed by atoms with Crippen molar-refractivity contribution in [2.45, 2.75) is 6.61 Å². The van der Waals surface area contributed by atoms with Gasteiger partial charge in [-0.2, -0.15) is 5.26 Å². The van der Waals surface area contributed by atoms with Crippen LogP contribution in [0.1, 0.15) is 11.5 Å². The lowest BCUT2D eigenvalue weighted by atomic mass is 10.2. The fourth-order valence-corrected chi connectivity index (χ4v) is 2.26. The maximum Gasteiger partial charge on any atom is 0.344 e. The maximum absolute atomic E-state index is 11.8. The van der Waals surface area contributed by atoms with Crippen LogP contribution in [0.3, 0.4) is 0 Å². The molecule has 2 aromatic carbocycles. The second-order valence-electron chi connectivity index (χ2n) is 5.18. The minimum Gasteiger partial charge on any atom is -0.481 e. The Bertz CT molecular complexity index is 945. The summed E-state index contributed by atoms with van der Waals surface area (Å²) in [5, 5.41) is 9.60. The Kier molecular flexibility index (Phi) is 5.52. The monoisotopic (exact) mass is 368 g/mol. The molecule has 0 unspecified atom stereocenters. The van der Waals surface area contributed by atoms with Gasteiger partial charge in [-0.3, -0.25) is 0 Å². The molecule has 0 spiro atoms. The van der Waals surface area contributed by atoms with E-state index in [-0.39, 0.29) is 19.1 Å². The minimum absolute atomic E-state index is 0.115. The number of para-hydroxylation sites is 1. The molecule has 1 aromatic heterocycles. The third-order valence-electron chi connectivity index (χ3n) is 3.39. The van der Waals surface area contributed by atoms with E-state index in [1.807, 2.05) is 6.07 Å². The van der Waals surface area contributed by atoms with E-state index in [2.05, 4.69) is 4.98 Å². The van der Waals surface area contributed by atoms with Gasteiger partial charge >= 0.3 is 5.97 Å². The van der Waals surface area contributed by atoms with Crippen LogP contribution >= 0.6 is 11.6 Å². The first kappa shape index (κ1) is 17.5. The van der Waals surface area contributed by atoms with Gasteiger partial charge in [-0.1, -0.05) is 23.7 Å². The molecule has 1 heterocycles. The Morgan fingerprint density at radius 3 is 2.73 bits per heavy atom. The first-order chi connectivity index (χ1) is 12.7. The highest BCUT2D eigenvalue weighted by atomic mass is 35.5. The normalized spacial score (nSPS) is 10.2. The Labute approximate surface area is 154 Å². The smallest absolute Gasteiger partial charge is 0.344 e. The number of ether oxygens (including phenoxy) is 2. The number of hydrogen-bond donors (Lipinski definition) is 0. The second-order valence-corrected chi connectivity index (χ2v) is 5.62. The summed E-state index contributed by atoms with van der Waals surface area (Å²) in [6, 6.07) is 15.7. The first-order valence-electron chi connectivity index (χ1n) is 7.64. The average Bonchev–Trinajstić information content (AvgIpc) is 3.14. The van der Waals surface area contributed by atoms with Crippen molar-refractivity contribution < 1.29 is 18.7 Å². The van der Waals surface area contributed by atoms with E-state index in [0.29, 0.717) is 22.1 Å². The van der Waals surface area contributed by atoms with Crippen LogP contribution in [0.4, 0.5) is 0 Å². The molecule has 0 saturated carbocycles. The van der Waals surface area contributed by atoms with Gasteiger partial charge in [0.05, 0.1) is 11.8 Å². The van der Waals surface area contributed by atoms with Gasteiger partial charge in [-0.25, -0.2) is 9.78 Å². The van der Waals surface area contributed by atoms with Crippen LogP contribution in [0.25, 0.3) is 11.3 Å². The molecule has 0 amide bonds. The Morgan fingerprint density at radius 1 is 1.19 bits per heavy atom. The van der Waals surface area contributed by atoms with Crippen LogP contribution in [0.15, 0.2) is 59.1 Å². The van der Waals surface area contributed by atoms with Crippen molar-refractivity contribution in [1.29, 1.82) is 5.26 Å². The van der Waals surface area contributed by atoms with Crippen LogP contribution in [-0.2, 0) is 16.1 Å². The lowest BCUT2D eigenvalue weighted by molar-refractivity contribution is -0.148. The Hall–Kier alpha value is -3.30. The van der Waals surface area contributed by atoms with Crippen molar-refractivity contribution in [3.8, 4) is 23.1 Å². The number of aromatic nitrogens is 1. The lowest BCUT2D eigenvalue weighted by Crippen LogP contribution is -2.15. The molecule has 0 bridgehead atoms. The molecule has 26 heavy (non-hydrogen) atoms. The van der Waals surface area contributed by atoms with E-state index in [1.54, 1.807) is 54.7 Å². The number of esters is 1. The van der Waals surface area contributed by atoms with Crippen LogP contribution in [0.2, 0.25) is 5.02 Å². The number of rotatable bonds is 6. The number of hydrogen-bond acceptors (Lipinski definition) is 6. The Morgan fingerprint density at radius 2 is 1.96 bits per heavy atom. The summed E-state index contributed by atoms with van der Waals surface area (Å²) in [7, 11) is 0. The topological polar surface area (TPSA) is 85.3 Å². The SMILES string of the molecule is N#Cc1ccccc1OCC(=O)OCc1ncc(-c2ccc(Cl)cc2)o1. The fourth-order valence-electron chi connectivity index (χ4n) is 2.13. The molecule has 0 N–H and O–H groups in total. The number of carbonyl (C=O) groups is 1. The molecule has 0 aliphatic heterocycles. The molecule has 0 radical (unpaired) electrons. The third kappa shape index (κ3) is 4.41. The third-order valence-corrected chi connectivity index (χ3v) is 3.64. The molecule has 0 fully saturated rings. The molecule has 0 atom stereocenters. The number of carbonyl (C=O) groups excluding carboxylic acids is 1. The summed E-state index contributed by atoms with van der Waals surface area (Å²) in [6.45, 7) is -0.431. The number of oxazole rings is 1. The van der Waals surface area contributed by atoms with Crippen LogP contribution in [0.5, 0.6) is 5.75 Å². The molecule has 3 aromatic rings. The van der Waals surface area contributed by atoms with E-state index < -0.39 is 5.97 Å². The highest BCUT2D eigenvalue weighted by Crippen LogP contribution is 2.22. The van der Waals surface area contributed by atoms with E-state index in [4.69, 9.17) is 30.8 Å². The highest BCUT2D eigenvalue weighted by Gasteiger charge is 2.11. The van der Waals surface area contributed by atoms with Gasteiger partial charge in [-0.15, -0.1) is 0 Å². The quantitative estimate of drug-likeness (QED) is 0.611. The second kappa shape index (κ2) is 8.19. The van der Waals surface area contributed by atoms with Crippen LogP contribution < -0.4 is 4.74 Å². The molecule has 7 heteroatoms. The van der Waals surface area contributed by atoms with Gasteiger partial charge in [0.2, 0.25) is 5.89 Å². The van der Waals surface area contributed by atoms with E-state index >= 15 is 0 Å². The number of nitriles is 1. The van der Waals surface area contributed by atoms with Gasteiger partial charge in [0.15, 0.2) is 19.0 Å². The zero-order chi connectivity index (χ0) is 18.4. The number of nitrogens with zero attached hydrogens (tertiary/aromatic N) is 2. The molecule has 0 aliphatic carbocycles. The summed E-state index contributed by atoms with van der Waals surface area (Å²) < 4.78 is 15.9. The summed E-state index contributed by atoms with van der Waals surface area (Å²) in [4.78, 5) is 15.9. The van der Waals surface area contributed by atoms with Crippen molar-refractivity contribution in [3.63, 3.8) is 0 Å². The van der Waals surface area contributed by atoms with E-state index in [1.165, 1.54) is 0 Å². The van der Waals surface area contributed by atoms with Crippen molar-refractivity contribution in [2.75, 3.05) is 6.61 Å². The number of benzene rings is 2. The fraction of sp³-hybridized carbons (Fsp3) is 0.105. The molecular weight excluding hydrogens is 356 g/mol. The number of halogens is 1. The van der Waals surface area contributed by atoms with Crippen molar-refractivity contribution >= 4 is 17.6 Å². The zero-order valence-corrected chi connectivity index (χ0v) is 14.3. The van der Waals surface area contributed by atoms with Gasteiger partial charge < -0.3 is 13.9 Å². The zero-order valence-electron chi connectivity index (χ0n) is 13.5. The van der Waals surface area contributed by atoms with E-state index in [9.17, 15) is 4.79 Å². The molecule has 6 nitrogen and oxygen atoms in total. The van der Waals surface area contributed by atoms with Gasteiger partial charge in [0.1, 0.15) is 11.8 Å². The molecular formula is C19H13ClN2O4. The standard InChI is InChI=1S/C19H13ClN2O4/c20-15-7-5-13(6-8-15)17-10-22-18(26-17)11-25-19(23)12-24-16-4-2-1-3-14(16)9-21/h1-8,10H,11-12H2. The van der Waals surface area contributed by atoms with Crippen LogP contribution in [-0.4, -0.2) is 17.6 Å². The molecule has 130 valence electrons. The predicted octanol–water partition coefficient (Wildman–Crippen LogP) is 3.99. The van der Waals surface area contributed by atoms with Crippen molar-refractivity contribution in [3.05, 3.63) is 71.2 Å². The van der Waals surface area contributed by atoms with Crippen molar-refractivity contribution in [2.24, 2.45) is 0 Å². The summed E-state index contributed by atoms with van der Waals surface area (Å²) >= 11 is 5.85. The summed E-state index contributed by atoms with van der Waals surface area (Å²) in [5.74, 6) is 0.546. The first-order valence-corrected chi connectivity index (χ1v) is 8.01. The van der Waals surface area contributed by atoms with Gasteiger partial charge in [-0.05, 0) is 36.4 Å². The molecule has 3 rings (SSSR count). The predicted molar refractivity (Wildman–Crippen MR) is 93.4 cm³/mol. The van der Waals surface area contributed by atoms with Gasteiger partial charge in [0.25, 0.3) is 0 Å². The van der Waals surface area contributed by atoms with E-state index in [0.717, 1.165) is 5.56 Å². The molecule has 0 saturated heterocycles.